The van der Waals surface area contributed by atoms with Crippen molar-refractivity contribution < 1.29 is 4.42 Å². The van der Waals surface area contributed by atoms with E-state index in [1.165, 1.54) is 94.8 Å². The van der Waals surface area contributed by atoms with Gasteiger partial charge in [0.1, 0.15) is 11.2 Å². The number of aromatic nitrogens is 1. The standard InChI is InChI=1S/C50H27NOS2/c1-2-12-31-28(11-1)25-30(27-37(31)29-21-23-41-38(26-29)32-13-4-8-18-40(32)52-41)51-39-17-7-3-14-33(39)48-49(51)36-22-24-44-45(34-15-5-9-19-42(34)53-44)46(36)47-35-16-6-10-20-43(35)54-50(47)48/h1-27H. The van der Waals surface area contributed by atoms with Crippen molar-refractivity contribution in [3.63, 3.8) is 0 Å². The third-order valence-corrected chi connectivity index (χ3v) is 13.9. The molecule has 4 heterocycles. The van der Waals surface area contributed by atoms with E-state index in [4.69, 9.17) is 4.42 Å². The molecule has 4 heteroatoms. The van der Waals surface area contributed by atoms with Gasteiger partial charge in [-0.1, -0.05) is 109 Å². The van der Waals surface area contributed by atoms with E-state index in [2.05, 4.69) is 162 Å². The van der Waals surface area contributed by atoms with Crippen LogP contribution in [0.4, 0.5) is 0 Å². The monoisotopic (exact) mass is 721 g/mol. The molecule has 0 radical (unpaired) electrons. The summed E-state index contributed by atoms with van der Waals surface area (Å²) in [4.78, 5) is 0. The van der Waals surface area contributed by atoms with Crippen LogP contribution in [0.2, 0.25) is 0 Å². The van der Waals surface area contributed by atoms with Gasteiger partial charge in [-0.3, -0.25) is 0 Å². The van der Waals surface area contributed by atoms with Gasteiger partial charge in [-0.05, 0) is 76.5 Å². The number of thiophene rings is 2. The minimum atomic E-state index is 0.911. The van der Waals surface area contributed by atoms with Crippen molar-refractivity contribution in [2.75, 3.05) is 0 Å². The zero-order chi connectivity index (χ0) is 35.1. The number of rotatable bonds is 2. The average molecular weight is 722 g/mol. The first-order valence-electron chi connectivity index (χ1n) is 18.3. The van der Waals surface area contributed by atoms with E-state index in [1.54, 1.807) is 0 Å². The summed E-state index contributed by atoms with van der Waals surface area (Å²) in [5.41, 5.74) is 7.85. The second kappa shape index (κ2) is 10.6. The van der Waals surface area contributed by atoms with Crippen molar-refractivity contribution in [3.8, 4) is 16.8 Å². The van der Waals surface area contributed by atoms with E-state index in [0.717, 1.165) is 27.6 Å². The third kappa shape index (κ3) is 3.78. The molecule has 0 fully saturated rings. The van der Waals surface area contributed by atoms with Crippen molar-refractivity contribution >= 4 is 128 Å². The maximum Gasteiger partial charge on any atom is 0.135 e. The Labute approximate surface area is 316 Å². The largest absolute Gasteiger partial charge is 0.456 e. The molecule has 0 aliphatic heterocycles. The molecule has 0 saturated heterocycles. The smallest absolute Gasteiger partial charge is 0.135 e. The predicted octanol–water partition coefficient (Wildman–Crippen LogP) is 15.4. The molecule has 0 atom stereocenters. The highest BCUT2D eigenvalue weighted by Crippen LogP contribution is 2.52. The van der Waals surface area contributed by atoms with Crippen LogP contribution in [-0.2, 0) is 0 Å². The lowest BCUT2D eigenvalue weighted by Gasteiger charge is -2.15. The molecular weight excluding hydrogens is 695 g/mol. The molecule has 54 heavy (non-hydrogen) atoms. The van der Waals surface area contributed by atoms with Gasteiger partial charge < -0.3 is 8.98 Å². The van der Waals surface area contributed by atoms with Gasteiger partial charge in [0.25, 0.3) is 0 Å². The Morgan fingerprint density at radius 3 is 1.96 bits per heavy atom. The van der Waals surface area contributed by atoms with Crippen LogP contribution in [-0.4, -0.2) is 4.57 Å². The van der Waals surface area contributed by atoms with E-state index in [9.17, 15) is 0 Å². The van der Waals surface area contributed by atoms with E-state index in [0.29, 0.717) is 0 Å². The fraction of sp³-hybridized carbons (Fsp3) is 0. The van der Waals surface area contributed by atoms with Crippen LogP contribution in [0, 0.1) is 0 Å². The van der Waals surface area contributed by atoms with Crippen molar-refractivity contribution in [2.24, 2.45) is 0 Å². The van der Waals surface area contributed by atoms with Crippen molar-refractivity contribution in [1.82, 2.24) is 4.57 Å². The summed E-state index contributed by atoms with van der Waals surface area (Å²) in [6, 6.07) is 60.3. The molecule has 0 spiro atoms. The third-order valence-electron chi connectivity index (χ3n) is 11.5. The highest BCUT2D eigenvalue weighted by atomic mass is 32.1. The number of furan rings is 1. The lowest BCUT2D eigenvalue weighted by Crippen LogP contribution is -1.96. The van der Waals surface area contributed by atoms with Gasteiger partial charge in [0, 0.05) is 78.3 Å². The van der Waals surface area contributed by atoms with Crippen molar-refractivity contribution in [3.05, 3.63) is 164 Å². The van der Waals surface area contributed by atoms with Gasteiger partial charge >= 0.3 is 0 Å². The summed E-state index contributed by atoms with van der Waals surface area (Å²) in [6.45, 7) is 0. The number of benzene rings is 9. The lowest BCUT2D eigenvalue weighted by molar-refractivity contribution is 0.669. The van der Waals surface area contributed by atoms with E-state index in [1.807, 2.05) is 28.7 Å². The fourth-order valence-corrected chi connectivity index (χ4v) is 11.7. The number of nitrogens with zero attached hydrogens (tertiary/aromatic N) is 1. The maximum atomic E-state index is 6.26. The zero-order valence-corrected chi connectivity index (χ0v) is 30.4. The second-order valence-corrected chi connectivity index (χ2v) is 16.5. The Bertz CT molecular complexity index is 3740. The Morgan fingerprint density at radius 1 is 0.407 bits per heavy atom. The average Bonchev–Trinajstić information content (AvgIpc) is 3.99. The van der Waals surface area contributed by atoms with Gasteiger partial charge in [-0.2, -0.15) is 0 Å². The first-order chi connectivity index (χ1) is 26.8. The van der Waals surface area contributed by atoms with Crippen LogP contribution < -0.4 is 0 Å². The minimum absolute atomic E-state index is 0.911. The summed E-state index contributed by atoms with van der Waals surface area (Å²) >= 11 is 3.83. The normalized spacial score (nSPS) is 12.4. The van der Waals surface area contributed by atoms with E-state index < -0.39 is 0 Å². The second-order valence-electron chi connectivity index (χ2n) is 14.4. The van der Waals surface area contributed by atoms with Crippen molar-refractivity contribution in [2.45, 2.75) is 0 Å². The van der Waals surface area contributed by atoms with Crippen LogP contribution in [0.5, 0.6) is 0 Å². The Hall–Kier alpha value is -6.46. The van der Waals surface area contributed by atoms with Crippen LogP contribution >= 0.6 is 22.7 Å². The minimum Gasteiger partial charge on any atom is -0.456 e. The summed E-state index contributed by atoms with van der Waals surface area (Å²) in [7, 11) is 0. The molecule has 4 aromatic heterocycles. The molecular formula is C50H27NOS2. The summed E-state index contributed by atoms with van der Waals surface area (Å²) in [5.74, 6) is 0. The van der Waals surface area contributed by atoms with Crippen LogP contribution in [0.25, 0.3) is 122 Å². The number of para-hydroxylation sites is 2. The van der Waals surface area contributed by atoms with E-state index >= 15 is 0 Å². The molecule has 250 valence electrons. The van der Waals surface area contributed by atoms with E-state index in [-0.39, 0.29) is 0 Å². The first-order valence-corrected chi connectivity index (χ1v) is 20.0. The predicted molar refractivity (Wildman–Crippen MR) is 234 cm³/mol. The molecule has 0 amide bonds. The summed E-state index contributed by atoms with van der Waals surface area (Å²) in [6.07, 6.45) is 0. The molecule has 2 nitrogen and oxygen atoms in total. The number of hydrogen-bond acceptors (Lipinski definition) is 3. The Balaban J connectivity index is 1.22. The molecule has 0 saturated carbocycles. The number of fused-ring (bicyclic) bond motifs is 18. The van der Waals surface area contributed by atoms with Gasteiger partial charge in [0.2, 0.25) is 0 Å². The van der Waals surface area contributed by atoms with Gasteiger partial charge in [0.15, 0.2) is 0 Å². The Kier molecular flexibility index (Phi) is 5.69. The quantitative estimate of drug-likeness (QED) is 0.174. The first kappa shape index (κ1) is 29.0. The lowest BCUT2D eigenvalue weighted by atomic mass is 9.95. The van der Waals surface area contributed by atoms with Crippen LogP contribution in [0.3, 0.4) is 0 Å². The number of hydrogen-bond donors (Lipinski definition) is 0. The maximum absolute atomic E-state index is 6.26. The van der Waals surface area contributed by atoms with Crippen LogP contribution in [0.15, 0.2) is 168 Å². The molecule has 13 rings (SSSR count). The summed E-state index contributed by atoms with van der Waals surface area (Å²) in [5, 5.41) is 15.4. The molecule has 0 N–H and O–H groups in total. The molecule has 13 aromatic rings. The molecule has 0 unspecified atom stereocenters. The molecule has 0 bridgehead atoms. The summed E-state index contributed by atoms with van der Waals surface area (Å²) < 4.78 is 14.2. The topological polar surface area (TPSA) is 18.1 Å². The highest BCUT2D eigenvalue weighted by Gasteiger charge is 2.24. The van der Waals surface area contributed by atoms with Crippen LogP contribution in [0.1, 0.15) is 0 Å². The SMILES string of the molecule is c1ccc2c(-c3ccc4oc5ccccc5c4c3)cc(-n3c4ccccc4c4c5sc6ccccc6c5c5c(ccc6sc7ccccc7c65)c43)cc2c1. The van der Waals surface area contributed by atoms with Gasteiger partial charge in [0.05, 0.1) is 11.0 Å². The fourth-order valence-electron chi connectivity index (χ4n) is 9.29. The Morgan fingerprint density at radius 2 is 1.09 bits per heavy atom. The molecule has 9 aromatic carbocycles. The van der Waals surface area contributed by atoms with Gasteiger partial charge in [-0.15, -0.1) is 22.7 Å². The zero-order valence-electron chi connectivity index (χ0n) is 28.8. The van der Waals surface area contributed by atoms with Crippen molar-refractivity contribution in [1.29, 1.82) is 0 Å². The van der Waals surface area contributed by atoms with Gasteiger partial charge in [-0.25, -0.2) is 0 Å². The molecule has 0 aliphatic rings. The molecule has 0 aliphatic carbocycles. The highest BCUT2D eigenvalue weighted by molar-refractivity contribution is 7.27.